The van der Waals surface area contributed by atoms with Gasteiger partial charge in [-0.1, -0.05) is 6.92 Å². The Morgan fingerprint density at radius 2 is 2.42 bits per heavy atom. The maximum atomic E-state index is 4.48. The highest BCUT2D eigenvalue weighted by atomic mass is 15.3. The van der Waals surface area contributed by atoms with E-state index in [1.807, 2.05) is 11.7 Å². The highest BCUT2D eigenvalue weighted by Gasteiger charge is 2.23. The second-order valence-corrected chi connectivity index (χ2v) is 3.42. The van der Waals surface area contributed by atoms with Crippen LogP contribution in [0.3, 0.4) is 0 Å². The fourth-order valence-corrected chi connectivity index (χ4v) is 1.65. The van der Waals surface area contributed by atoms with Gasteiger partial charge in [0.1, 0.15) is 0 Å². The molecule has 3 heteroatoms. The summed E-state index contributed by atoms with van der Waals surface area (Å²) in [7, 11) is 1.99. The van der Waals surface area contributed by atoms with E-state index in [0.717, 1.165) is 19.5 Å². The minimum Gasteiger partial charge on any atom is -0.315 e. The Labute approximate surface area is 72.8 Å². The van der Waals surface area contributed by atoms with E-state index in [9.17, 15) is 0 Å². The van der Waals surface area contributed by atoms with E-state index in [-0.39, 0.29) is 0 Å². The molecule has 66 valence electrons. The molecule has 0 aliphatic carbocycles. The Morgan fingerprint density at radius 3 is 2.92 bits per heavy atom. The molecule has 1 N–H and O–H groups in total. The van der Waals surface area contributed by atoms with Gasteiger partial charge < -0.3 is 5.32 Å². The Morgan fingerprint density at radius 1 is 1.67 bits per heavy atom. The van der Waals surface area contributed by atoms with E-state index in [1.165, 1.54) is 11.3 Å². The van der Waals surface area contributed by atoms with Crippen LogP contribution in [0.2, 0.25) is 0 Å². The van der Waals surface area contributed by atoms with Gasteiger partial charge in [-0.2, -0.15) is 5.10 Å². The van der Waals surface area contributed by atoms with Crippen molar-refractivity contribution in [3.8, 4) is 0 Å². The molecule has 1 fully saturated rings. The molecule has 12 heavy (non-hydrogen) atoms. The molecular weight excluding hydrogens is 150 g/mol. The van der Waals surface area contributed by atoms with Crippen molar-refractivity contribution in [3.05, 3.63) is 17.5 Å². The van der Waals surface area contributed by atoms with Crippen LogP contribution in [-0.2, 0) is 13.5 Å². The number of rotatable bonds is 2. The fraction of sp³-hybridized carbons (Fsp3) is 0.667. The molecule has 0 atom stereocenters. The van der Waals surface area contributed by atoms with Gasteiger partial charge in [0.2, 0.25) is 0 Å². The summed E-state index contributed by atoms with van der Waals surface area (Å²) < 4.78 is 1.92. The average Bonchev–Trinajstić information content (AvgIpc) is 2.27. The van der Waals surface area contributed by atoms with Crippen molar-refractivity contribution < 1.29 is 0 Å². The van der Waals surface area contributed by atoms with Crippen molar-refractivity contribution in [2.45, 2.75) is 19.3 Å². The molecule has 1 aromatic rings. The SMILES string of the molecule is CCc1cn(C)nc1C1CNC1. The lowest BCUT2D eigenvalue weighted by Crippen LogP contribution is -2.40. The Hall–Kier alpha value is -0.830. The van der Waals surface area contributed by atoms with Crippen molar-refractivity contribution in [3.63, 3.8) is 0 Å². The number of nitrogens with one attached hydrogen (secondary N) is 1. The predicted molar refractivity (Wildman–Crippen MR) is 48.2 cm³/mol. The van der Waals surface area contributed by atoms with Gasteiger partial charge in [-0.15, -0.1) is 0 Å². The normalized spacial score (nSPS) is 17.8. The number of hydrogen-bond donors (Lipinski definition) is 1. The molecule has 1 saturated heterocycles. The molecule has 0 amide bonds. The highest BCUT2D eigenvalue weighted by molar-refractivity contribution is 5.23. The van der Waals surface area contributed by atoms with Crippen LogP contribution in [0.5, 0.6) is 0 Å². The van der Waals surface area contributed by atoms with E-state index >= 15 is 0 Å². The fourth-order valence-electron chi connectivity index (χ4n) is 1.65. The maximum absolute atomic E-state index is 4.48. The third-order valence-electron chi connectivity index (χ3n) is 2.49. The van der Waals surface area contributed by atoms with Crippen LogP contribution in [-0.4, -0.2) is 22.9 Å². The lowest BCUT2D eigenvalue weighted by atomic mass is 9.95. The minimum atomic E-state index is 0.668. The van der Waals surface area contributed by atoms with Gasteiger partial charge in [0.15, 0.2) is 0 Å². The molecule has 1 aliphatic rings. The van der Waals surface area contributed by atoms with Crippen LogP contribution in [0.4, 0.5) is 0 Å². The van der Waals surface area contributed by atoms with Gasteiger partial charge in [-0.25, -0.2) is 0 Å². The summed E-state index contributed by atoms with van der Waals surface area (Å²) in [4.78, 5) is 0. The third kappa shape index (κ3) is 1.14. The summed E-state index contributed by atoms with van der Waals surface area (Å²) >= 11 is 0. The summed E-state index contributed by atoms with van der Waals surface area (Å²) in [6.07, 6.45) is 3.23. The summed E-state index contributed by atoms with van der Waals surface area (Å²) in [6.45, 7) is 4.39. The summed E-state index contributed by atoms with van der Waals surface area (Å²) in [5.41, 5.74) is 2.71. The molecule has 0 bridgehead atoms. The first-order chi connectivity index (χ1) is 5.81. The molecule has 1 aromatic heterocycles. The molecule has 0 spiro atoms. The van der Waals surface area contributed by atoms with Gasteiger partial charge in [0.25, 0.3) is 0 Å². The van der Waals surface area contributed by atoms with Crippen molar-refractivity contribution >= 4 is 0 Å². The van der Waals surface area contributed by atoms with E-state index in [0.29, 0.717) is 5.92 Å². The monoisotopic (exact) mass is 165 g/mol. The summed E-state index contributed by atoms with van der Waals surface area (Å²) in [5.74, 6) is 0.668. The standard InChI is InChI=1S/C9H15N3/c1-3-7-6-12(2)11-9(7)8-4-10-5-8/h6,8,10H,3-5H2,1-2H3. The van der Waals surface area contributed by atoms with Gasteiger partial charge >= 0.3 is 0 Å². The molecule has 0 saturated carbocycles. The largest absolute Gasteiger partial charge is 0.315 e. The minimum absolute atomic E-state index is 0.668. The van der Waals surface area contributed by atoms with Crippen molar-refractivity contribution in [2.75, 3.05) is 13.1 Å². The van der Waals surface area contributed by atoms with Crippen LogP contribution in [0.15, 0.2) is 6.20 Å². The molecule has 2 heterocycles. The molecule has 0 radical (unpaired) electrons. The first kappa shape index (κ1) is 7.80. The summed E-state index contributed by atoms with van der Waals surface area (Å²) in [6, 6.07) is 0. The molecule has 3 nitrogen and oxygen atoms in total. The van der Waals surface area contributed by atoms with Gasteiger partial charge in [-0.05, 0) is 12.0 Å². The van der Waals surface area contributed by atoms with Crippen LogP contribution in [0.25, 0.3) is 0 Å². The van der Waals surface area contributed by atoms with Crippen LogP contribution in [0, 0.1) is 0 Å². The zero-order chi connectivity index (χ0) is 8.55. The lowest BCUT2D eigenvalue weighted by molar-refractivity contribution is 0.434. The Bertz CT molecular complexity index is 273. The number of aromatic nitrogens is 2. The third-order valence-corrected chi connectivity index (χ3v) is 2.49. The second-order valence-electron chi connectivity index (χ2n) is 3.42. The van der Waals surface area contributed by atoms with E-state index < -0.39 is 0 Å². The zero-order valence-electron chi connectivity index (χ0n) is 7.67. The zero-order valence-corrected chi connectivity index (χ0v) is 7.67. The van der Waals surface area contributed by atoms with Crippen molar-refractivity contribution in [2.24, 2.45) is 7.05 Å². The number of hydrogen-bond acceptors (Lipinski definition) is 2. The Kier molecular flexibility index (Phi) is 1.89. The van der Waals surface area contributed by atoms with Crippen LogP contribution < -0.4 is 5.32 Å². The molecule has 2 rings (SSSR count). The Balaban J connectivity index is 2.27. The smallest absolute Gasteiger partial charge is 0.0712 e. The molecular formula is C9H15N3. The topological polar surface area (TPSA) is 29.9 Å². The number of nitrogens with zero attached hydrogens (tertiary/aromatic N) is 2. The van der Waals surface area contributed by atoms with Gasteiger partial charge in [0, 0.05) is 32.3 Å². The molecule has 0 unspecified atom stereocenters. The van der Waals surface area contributed by atoms with E-state index in [4.69, 9.17) is 0 Å². The molecule has 0 aromatic carbocycles. The average molecular weight is 165 g/mol. The van der Waals surface area contributed by atoms with Crippen molar-refractivity contribution in [1.29, 1.82) is 0 Å². The quantitative estimate of drug-likeness (QED) is 0.698. The van der Waals surface area contributed by atoms with Gasteiger partial charge in [-0.3, -0.25) is 4.68 Å². The van der Waals surface area contributed by atoms with E-state index in [2.05, 4.69) is 23.5 Å². The van der Waals surface area contributed by atoms with Gasteiger partial charge in [0.05, 0.1) is 5.69 Å². The maximum Gasteiger partial charge on any atom is 0.0712 e. The summed E-state index contributed by atoms with van der Waals surface area (Å²) in [5, 5.41) is 7.75. The van der Waals surface area contributed by atoms with Crippen LogP contribution in [0.1, 0.15) is 24.1 Å². The second kappa shape index (κ2) is 2.90. The first-order valence-corrected chi connectivity index (χ1v) is 4.54. The van der Waals surface area contributed by atoms with Crippen LogP contribution >= 0.6 is 0 Å². The first-order valence-electron chi connectivity index (χ1n) is 4.54. The highest BCUT2D eigenvalue weighted by Crippen LogP contribution is 2.21. The molecule has 1 aliphatic heterocycles. The van der Waals surface area contributed by atoms with Crippen molar-refractivity contribution in [1.82, 2.24) is 15.1 Å². The lowest BCUT2D eigenvalue weighted by Gasteiger charge is -2.26. The predicted octanol–water partition coefficient (Wildman–Crippen LogP) is 0.669. The van der Waals surface area contributed by atoms with E-state index in [1.54, 1.807) is 0 Å². The number of aryl methyl sites for hydroxylation is 2.